The molecule has 1 aliphatic heterocycles. The van der Waals surface area contributed by atoms with Crippen molar-refractivity contribution in [1.82, 2.24) is 10.2 Å². The maximum Gasteiger partial charge on any atom is 0.324 e. The zero-order valence-corrected chi connectivity index (χ0v) is 11.3. The summed E-state index contributed by atoms with van der Waals surface area (Å²) in [5.41, 5.74) is 0. The number of carbonyl (C=O) groups is 2. The van der Waals surface area contributed by atoms with Gasteiger partial charge in [-0.3, -0.25) is 9.69 Å². The molecule has 0 radical (unpaired) electrons. The van der Waals surface area contributed by atoms with Crippen molar-refractivity contribution in [2.75, 3.05) is 13.1 Å². The van der Waals surface area contributed by atoms with Crippen molar-refractivity contribution in [1.29, 1.82) is 0 Å². The lowest BCUT2D eigenvalue weighted by atomic mass is 10.3. The molecule has 0 aromatic carbocycles. The summed E-state index contributed by atoms with van der Waals surface area (Å²) >= 11 is 0. The zero-order valence-electron chi connectivity index (χ0n) is 10.3. The summed E-state index contributed by atoms with van der Waals surface area (Å²) in [6, 6.07) is 1.24. The molecule has 1 saturated heterocycles. The summed E-state index contributed by atoms with van der Waals surface area (Å²) in [5.74, 6) is -0.0847. The minimum absolute atomic E-state index is 0.0847. The Kier molecular flexibility index (Phi) is 6.03. The van der Waals surface area contributed by atoms with Gasteiger partial charge in [-0.05, 0) is 31.4 Å². The van der Waals surface area contributed by atoms with Crippen LogP contribution in [0.1, 0.15) is 32.6 Å². The zero-order chi connectivity index (χ0) is 12.7. The Morgan fingerprint density at radius 2 is 2.24 bits per heavy atom. The first-order valence-corrected chi connectivity index (χ1v) is 8.07. The van der Waals surface area contributed by atoms with E-state index in [1.165, 1.54) is 4.90 Å². The van der Waals surface area contributed by atoms with Crippen LogP contribution < -0.4 is 5.32 Å². The first-order chi connectivity index (χ1) is 8.15. The predicted octanol–water partition coefficient (Wildman–Crippen LogP) is 1.54. The molecule has 6 heteroatoms. The van der Waals surface area contributed by atoms with Crippen LogP contribution in [0.2, 0.25) is 12.1 Å². The van der Waals surface area contributed by atoms with E-state index in [0.29, 0.717) is 19.5 Å². The Morgan fingerprint density at radius 3 is 2.82 bits per heavy atom. The molecular weight excluding hydrogens is 236 g/mol. The fourth-order valence-corrected chi connectivity index (χ4v) is 2.78. The highest BCUT2D eigenvalue weighted by molar-refractivity contribution is 6.42. The first kappa shape index (κ1) is 14.0. The van der Waals surface area contributed by atoms with E-state index >= 15 is 0 Å². The van der Waals surface area contributed by atoms with E-state index in [1.54, 1.807) is 0 Å². The predicted molar refractivity (Wildman–Crippen MR) is 65.3 cm³/mol. The Bertz CT molecular complexity index is 307. The van der Waals surface area contributed by atoms with Gasteiger partial charge in [-0.2, -0.15) is 0 Å². The molecule has 17 heavy (non-hydrogen) atoms. The van der Waals surface area contributed by atoms with Crippen molar-refractivity contribution < 1.29 is 14.1 Å². The second-order valence-electron chi connectivity index (χ2n) is 4.23. The number of unbranched alkanes of at least 4 members (excludes halogenated alkanes) is 1. The highest BCUT2D eigenvalue weighted by Crippen LogP contribution is 2.09. The molecule has 1 aliphatic rings. The summed E-state index contributed by atoms with van der Waals surface area (Å²) in [6.45, 7) is 3.03. The minimum Gasteiger partial charge on any atom is -0.388 e. The fourth-order valence-electron chi connectivity index (χ4n) is 1.78. The van der Waals surface area contributed by atoms with Gasteiger partial charge in [0, 0.05) is 19.5 Å². The Labute approximate surface area is 103 Å². The average molecular weight is 256 g/mol. The molecular formula is C11H20N2O3Si. The van der Waals surface area contributed by atoms with Gasteiger partial charge in [0.2, 0.25) is 5.91 Å². The Balaban J connectivity index is 2.08. The van der Waals surface area contributed by atoms with E-state index < -0.39 is 8.68 Å². The molecule has 96 valence electrons. The number of rotatable bonds is 6. The van der Waals surface area contributed by atoms with Crippen LogP contribution >= 0.6 is 0 Å². The highest BCUT2D eigenvalue weighted by Gasteiger charge is 2.25. The van der Waals surface area contributed by atoms with Crippen LogP contribution in [0.5, 0.6) is 0 Å². The lowest BCUT2D eigenvalue weighted by molar-refractivity contribution is -0.125. The third-order valence-corrected chi connectivity index (χ3v) is 4.57. The number of urea groups is 1. The second-order valence-corrected chi connectivity index (χ2v) is 6.51. The van der Waals surface area contributed by atoms with E-state index in [0.717, 1.165) is 31.4 Å². The lowest BCUT2D eigenvalue weighted by Gasteiger charge is -2.14. The molecule has 1 heterocycles. The van der Waals surface area contributed by atoms with Gasteiger partial charge in [0.05, 0.1) is 0 Å². The van der Waals surface area contributed by atoms with E-state index in [2.05, 4.69) is 5.32 Å². The van der Waals surface area contributed by atoms with Crippen LogP contribution in [0.25, 0.3) is 0 Å². The lowest BCUT2D eigenvalue weighted by Crippen LogP contribution is -2.40. The van der Waals surface area contributed by atoms with E-state index in [-0.39, 0.29) is 11.9 Å². The van der Waals surface area contributed by atoms with Gasteiger partial charge in [0.1, 0.15) is 0 Å². The van der Waals surface area contributed by atoms with E-state index in [9.17, 15) is 14.1 Å². The van der Waals surface area contributed by atoms with Crippen LogP contribution in [0, 0.1) is 0 Å². The van der Waals surface area contributed by atoms with Gasteiger partial charge in [-0.1, -0.05) is 6.92 Å². The maximum atomic E-state index is 11.5. The fraction of sp³-hybridized carbons (Fsp3) is 0.818. The molecule has 1 rings (SSSR count). The average Bonchev–Trinajstić information content (AvgIpc) is 2.74. The van der Waals surface area contributed by atoms with Gasteiger partial charge >= 0.3 is 6.03 Å². The standard InChI is InChI=1S/C11H20N2O3Si/c1-2-17(16)9-4-3-7-12-11(15)13-8-5-6-10(13)14/h2-9H2,1H3,(H,12,15). The molecule has 0 atom stereocenters. The summed E-state index contributed by atoms with van der Waals surface area (Å²) in [5, 5.41) is 2.72. The van der Waals surface area contributed by atoms with E-state index in [1.807, 2.05) is 6.92 Å². The number of nitrogens with zero attached hydrogens (tertiary/aromatic N) is 1. The Hall–Kier alpha value is -1.04. The number of hydrogen-bond donors (Lipinski definition) is 1. The quantitative estimate of drug-likeness (QED) is 0.579. The molecule has 0 aromatic rings. The molecule has 0 aliphatic carbocycles. The molecule has 0 unspecified atom stereocenters. The molecule has 3 amide bonds. The summed E-state index contributed by atoms with van der Waals surface area (Å²) in [4.78, 5) is 24.1. The van der Waals surface area contributed by atoms with Crippen molar-refractivity contribution in [3.63, 3.8) is 0 Å². The normalized spacial score (nSPS) is 15.1. The van der Waals surface area contributed by atoms with Crippen LogP contribution in [-0.2, 0) is 9.26 Å². The maximum absolute atomic E-state index is 11.5. The first-order valence-electron chi connectivity index (χ1n) is 6.25. The number of imide groups is 1. The van der Waals surface area contributed by atoms with Gasteiger partial charge in [-0.25, -0.2) is 4.79 Å². The number of likely N-dealkylation sites (tertiary alicyclic amines) is 1. The van der Waals surface area contributed by atoms with Crippen LogP contribution in [0.4, 0.5) is 4.79 Å². The van der Waals surface area contributed by atoms with E-state index in [4.69, 9.17) is 0 Å². The number of nitrogens with one attached hydrogen (secondary N) is 1. The topological polar surface area (TPSA) is 66.5 Å². The van der Waals surface area contributed by atoms with Crippen LogP contribution in [0.15, 0.2) is 0 Å². The summed E-state index contributed by atoms with van der Waals surface area (Å²) in [6.07, 6.45) is 2.95. The molecule has 1 fully saturated rings. The summed E-state index contributed by atoms with van der Waals surface area (Å²) < 4.78 is 11.2. The second kappa shape index (κ2) is 7.32. The molecule has 0 aromatic heterocycles. The van der Waals surface area contributed by atoms with Crippen molar-refractivity contribution in [2.45, 2.75) is 44.7 Å². The minimum atomic E-state index is -1.38. The van der Waals surface area contributed by atoms with Crippen LogP contribution in [0.3, 0.4) is 0 Å². The summed E-state index contributed by atoms with van der Waals surface area (Å²) in [7, 11) is -1.38. The SMILES string of the molecule is CC[Si](=O)CCCCNC(=O)N1CCCC1=O. The van der Waals surface area contributed by atoms with Gasteiger partial charge < -0.3 is 9.78 Å². The smallest absolute Gasteiger partial charge is 0.324 e. The largest absolute Gasteiger partial charge is 0.388 e. The van der Waals surface area contributed by atoms with Gasteiger partial charge in [0.15, 0.2) is 0 Å². The third-order valence-electron chi connectivity index (χ3n) is 2.87. The number of hydrogen-bond acceptors (Lipinski definition) is 3. The number of carbonyl (C=O) groups excluding carboxylic acids is 2. The van der Waals surface area contributed by atoms with Crippen LogP contribution in [-0.4, -0.2) is 38.6 Å². The van der Waals surface area contributed by atoms with Gasteiger partial charge in [0.25, 0.3) is 8.68 Å². The van der Waals surface area contributed by atoms with Crippen molar-refractivity contribution in [3.8, 4) is 0 Å². The Morgan fingerprint density at radius 1 is 1.47 bits per heavy atom. The molecule has 5 nitrogen and oxygen atoms in total. The highest BCUT2D eigenvalue weighted by atomic mass is 28.3. The number of amides is 3. The molecule has 1 N–H and O–H groups in total. The van der Waals surface area contributed by atoms with Crippen molar-refractivity contribution in [2.24, 2.45) is 0 Å². The third kappa shape index (κ3) is 4.76. The molecule has 0 bridgehead atoms. The molecule has 0 saturated carbocycles. The van der Waals surface area contributed by atoms with Crippen molar-refractivity contribution >= 4 is 20.6 Å². The van der Waals surface area contributed by atoms with Crippen molar-refractivity contribution in [3.05, 3.63) is 0 Å². The molecule has 0 spiro atoms. The monoisotopic (exact) mass is 256 g/mol. The van der Waals surface area contributed by atoms with Gasteiger partial charge in [-0.15, -0.1) is 0 Å².